The van der Waals surface area contributed by atoms with E-state index in [0.717, 1.165) is 54.5 Å². The molecule has 0 spiro atoms. The molecule has 2 fully saturated rings. The molecule has 63 heavy (non-hydrogen) atoms. The number of unbranched alkanes of at least 4 members (excludes halogenated alkanes) is 2. The summed E-state index contributed by atoms with van der Waals surface area (Å²) < 4.78 is 37.5. The number of likely N-dealkylation sites (tertiary alicyclic amines) is 1. The minimum absolute atomic E-state index is 0.0294. The van der Waals surface area contributed by atoms with E-state index in [0.29, 0.717) is 105 Å². The summed E-state index contributed by atoms with van der Waals surface area (Å²) >= 11 is 0. The Morgan fingerprint density at radius 2 is 1.79 bits per heavy atom. The van der Waals surface area contributed by atoms with Crippen molar-refractivity contribution in [2.24, 2.45) is 10.7 Å². The van der Waals surface area contributed by atoms with Crippen molar-refractivity contribution >= 4 is 52.8 Å². The van der Waals surface area contributed by atoms with Crippen LogP contribution < -0.4 is 20.7 Å². The number of nitrogens with one attached hydrogen (secondary N) is 1. The number of imide groups is 1. The molecule has 3 N–H and O–H groups in total. The Bertz CT molecular complexity index is 2350. The number of amides is 5. The number of ether oxygens (including phenoxy) is 1. The van der Waals surface area contributed by atoms with Crippen molar-refractivity contribution in [1.82, 2.24) is 29.8 Å². The first-order valence-electron chi connectivity index (χ1n) is 22.1. The summed E-state index contributed by atoms with van der Waals surface area (Å²) in [6.07, 6.45) is 6.75. The first-order valence-corrected chi connectivity index (χ1v) is 22.1. The molecule has 0 saturated carbocycles. The van der Waals surface area contributed by atoms with Crippen LogP contribution in [0.25, 0.3) is 5.57 Å². The molecule has 6 heterocycles. The molecule has 8 rings (SSSR count). The number of fused-ring (bicyclic) bond motifs is 3. The molecule has 1 aromatic heterocycles. The first kappa shape index (κ1) is 43.5. The maximum absolute atomic E-state index is 14.7. The Kier molecular flexibility index (Phi) is 12.9. The van der Waals surface area contributed by atoms with Crippen molar-refractivity contribution < 1.29 is 37.5 Å². The van der Waals surface area contributed by atoms with E-state index in [1.807, 2.05) is 15.9 Å². The van der Waals surface area contributed by atoms with Crippen LogP contribution in [-0.4, -0.2) is 106 Å². The molecule has 5 aliphatic rings. The monoisotopic (exact) mass is 867 g/mol. The lowest BCUT2D eigenvalue weighted by Crippen LogP contribution is -2.52. The van der Waals surface area contributed by atoms with Crippen LogP contribution in [0.15, 0.2) is 41.5 Å². The van der Waals surface area contributed by atoms with Crippen molar-refractivity contribution in [1.29, 1.82) is 0 Å². The molecule has 334 valence electrons. The highest BCUT2D eigenvalue weighted by Gasteiger charge is 2.40. The fourth-order valence-corrected chi connectivity index (χ4v) is 9.80. The molecule has 0 aliphatic carbocycles. The van der Waals surface area contributed by atoms with Crippen molar-refractivity contribution in [2.45, 2.75) is 109 Å². The third-order valence-corrected chi connectivity index (χ3v) is 13.1. The van der Waals surface area contributed by atoms with Gasteiger partial charge in [0.1, 0.15) is 11.8 Å². The van der Waals surface area contributed by atoms with Crippen molar-refractivity contribution in [3.05, 3.63) is 75.6 Å². The molecule has 1 atom stereocenters. The van der Waals surface area contributed by atoms with Gasteiger partial charge in [-0.1, -0.05) is 6.07 Å². The number of halogens is 2. The first-order chi connectivity index (χ1) is 30.5. The van der Waals surface area contributed by atoms with Gasteiger partial charge in [0.15, 0.2) is 5.82 Å². The summed E-state index contributed by atoms with van der Waals surface area (Å²) in [5, 5.41) is 7.57. The number of aryl methyl sites for hydroxylation is 1. The number of aliphatic imine (C=N–C) groups is 1. The van der Waals surface area contributed by atoms with Crippen LogP contribution in [-0.2, 0) is 45.1 Å². The van der Waals surface area contributed by atoms with Crippen molar-refractivity contribution in [2.75, 3.05) is 44.7 Å². The molecule has 17 heteroatoms. The van der Waals surface area contributed by atoms with Gasteiger partial charge in [-0.05, 0) is 86.8 Å². The number of anilines is 2. The van der Waals surface area contributed by atoms with E-state index in [1.165, 1.54) is 17.3 Å². The number of carbonyl (C=O) groups excluding carboxylic acids is 5. The SMILES string of the molecule is CN=C/C(=C\N)c1cc2c(cc1C(F)F)N(c1nn(C3CCN(C(=O)CCCCCOc4cccc5c4CN(C4CCC(=O)NC4=O)C5=O)CC3)c3c1CN(C(C)=O)CC3)CCC2. The molecule has 2 saturated heterocycles. The predicted octanol–water partition coefficient (Wildman–Crippen LogP) is 5.37. The number of hydrogen-bond donors (Lipinski definition) is 2. The second-order valence-corrected chi connectivity index (χ2v) is 17.0. The number of piperidine rings is 2. The van der Waals surface area contributed by atoms with Gasteiger partial charge in [-0.25, -0.2) is 8.78 Å². The number of allylic oxidation sites excluding steroid dienone is 1. The topological polar surface area (TPSA) is 176 Å². The summed E-state index contributed by atoms with van der Waals surface area (Å²) in [7, 11) is 1.57. The Morgan fingerprint density at radius 3 is 2.52 bits per heavy atom. The van der Waals surface area contributed by atoms with E-state index >= 15 is 0 Å². The number of carbonyl (C=O) groups is 5. The van der Waals surface area contributed by atoms with Crippen LogP contribution in [0, 0.1) is 0 Å². The fourth-order valence-electron chi connectivity index (χ4n) is 9.80. The third-order valence-electron chi connectivity index (χ3n) is 13.1. The average Bonchev–Trinajstić information content (AvgIpc) is 3.83. The lowest BCUT2D eigenvalue weighted by Gasteiger charge is -2.34. The molecule has 15 nitrogen and oxygen atoms in total. The van der Waals surface area contributed by atoms with Gasteiger partial charge < -0.3 is 30.1 Å². The van der Waals surface area contributed by atoms with E-state index in [9.17, 15) is 32.8 Å². The van der Waals surface area contributed by atoms with Crippen LogP contribution in [0.5, 0.6) is 5.75 Å². The van der Waals surface area contributed by atoms with Crippen LogP contribution in [0.2, 0.25) is 0 Å². The normalized spacial score (nSPS) is 19.5. The van der Waals surface area contributed by atoms with E-state index in [2.05, 4.69) is 15.0 Å². The molecule has 2 aromatic carbocycles. The average molecular weight is 868 g/mol. The maximum atomic E-state index is 14.7. The van der Waals surface area contributed by atoms with Crippen LogP contribution in [0.4, 0.5) is 20.3 Å². The van der Waals surface area contributed by atoms with Gasteiger partial charge in [-0.2, -0.15) is 5.10 Å². The molecule has 5 aliphatic heterocycles. The lowest BCUT2D eigenvalue weighted by molar-refractivity contribution is -0.137. The van der Waals surface area contributed by atoms with Crippen LogP contribution >= 0.6 is 0 Å². The van der Waals surface area contributed by atoms with Gasteiger partial charge in [-0.3, -0.25) is 39.0 Å². The Morgan fingerprint density at radius 1 is 0.984 bits per heavy atom. The minimum atomic E-state index is -2.74. The molecule has 0 radical (unpaired) electrons. The van der Waals surface area contributed by atoms with Crippen molar-refractivity contribution in [3.8, 4) is 5.75 Å². The zero-order valence-electron chi connectivity index (χ0n) is 35.9. The van der Waals surface area contributed by atoms with E-state index in [1.54, 1.807) is 43.1 Å². The largest absolute Gasteiger partial charge is 0.493 e. The predicted molar refractivity (Wildman–Crippen MR) is 232 cm³/mol. The second-order valence-electron chi connectivity index (χ2n) is 17.0. The quantitative estimate of drug-likeness (QED) is 0.130. The number of rotatable bonds is 13. The van der Waals surface area contributed by atoms with Gasteiger partial charge in [0, 0.05) is 111 Å². The summed E-state index contributed by atoms with van der Waals surface area (Å²) in [4.78, 5) is 74.6. The van der Waals surface area contributed by atoms with E-state index in [-0.39, 0.29) is 48.2 Å². The number of hydrogen-bond acceptors (Lipinski definition) is 10. The maximum Gasteiger partial charge on any atom is 0.264 e. The van der Waals surface area contributed by atoms with E-state index < -0.39 is 18.4 Å². The molecule has 5 amide bonds. The molecule has 3 aromatic rings. The van der Waals surface area contributed by atoms with Gasteiger partial charge in [0.2, 0.25) is 23.6 Å². The Hall–Kier alpha value is -6.13. The number of nitrogens with two attached hydrogens (primary N) is 1. The molecule has 0 bridgehead atoms. The molecule has 1 unspecified atom stereocenters. The van der Waals surface area contributed by atoms with Crippen molar-refractivity contribution in [3.63, 3.8) is 0 Å². The molecular weight excluding hydrogens is 813 g/mol. The summed E-state index contributed by atoms with van der Waals surface area (Å²) in [6, 6.07) is 8.03. The summed E-state index contributed by atoms with van der Waals surface area (Å²) in [5.74, 6) is 0.350. The van der Waals surface area contributed by atoms with Gasteiger partial charge in [-0.15, -0.1) is 0 Å². The number of nitrogens with zero attached hydrogens (tertiary/aromatic N) is 7. The zero-order valence-corrected chi connectivity index (χ0v) is 35.9. The fraction of sp³-hybridized carbons (Fsp3) is 0.500. The highest BCUT2D eigenvalue weighted by molar-refractivity contribution is 6.10. The third kappa shape index (κ3) is 8.78. The Labute approximate surface area is 365 Å². The standard InChI is InChI=1S/C46H55F2N9O6/c1-28(58)54-20-16-37-36(26-54)44(55-17-7-8-29-22-33(30(24-49)25-50-2)34(43(47)48)23-39(29)55)52-57(37)31-14-18-53(19-15-31)42(60)11-4-3-5-21-63-40-10-6-9-32-35(40)27-56(46(32)62)38-12-13-41(59)51-45(38)61/h6,9-10,22-25,31,38,43H,3-5,7-8,11-21,26-27,49H2,1-2H3,(H,51,59,61)/b30-24+,50-25?. The van der Waals surface area contributed by atoms with Gasteiger partial charge in [0.25, 0.3) is 12.3 Å². The number of benzene rings is 2. The van der Waals surface area contributed by atoms with Gasteiger partial charge in [0.05, 0.1) is 25.7 Å². The second kappa shape index (κ2) is 18.7. The van der Waals surface area contributed by atoms with Gasteiger partial charge >= 0.3 is 0 Å². The van der Waals surface area contributed by atoms with Crippen LogP contribution in [0.1, 0.15) is 121 Å². The Balaban J connectivity index is 0.876. The minimum Gasteiger partial charge on any atom is -0.493 e. The highest BCUT2D eigenvalue weighted by Crippen LogP contribution is 2.43. The summed E-state index contributed by atoms with van der Waals surface area (Å²) in [5.41, 5.74) is 11.4. The smallest absolute Gasteiger partial charge is 0.264 e. The van der Waals surface area contributed by atoms with Crippen LogP contribution in [0.3, 0.4) is 0 Å². The zero-order chi connectivity index (χ0) is 44.4. The number of aromatic nitrogens is 2. The highest BCUT2D eigenvalue weighted by atomic mass is 19.3. The number of alkyl halides is 2. The lowest BCUT2D eigenvalue weighted by atomic mass is 9.92. The molecular formula is C46H55F2N9O6. The van der Waals surface area contributed by atoms with E-state index in [4.69, 9.17) is 15.6 Å². The summed E-state index contributed by atoms with van der Waals surface area (Å²) in [6.45, 7) is 4.95.